The van der Waals surface area contributed by atoms with Crippen molar-refractivity contribution in [3.8, 4) is 11.5 Å². The molecule has 0 aliphatic carbocycles. The van der Waals surface area contributed by atoms with Crippen LogP contribution < -0.4 is 9.47 Å². The summed E-state index contributed by atoms with van der Waals surface area (Å²) < 4.78 is 36.9. The van der Waals surface area contributed by atoms with Crippen LogP contribution in [-0.4, -0.2) is 20.5 Å². The van der Waals surface area contributed by atoms with E-state index in [4.69, 9.17) is 9.47 Å². The third kappa shape index (κ3) is 3.18. The summed E-state index contributed by atoms with van der Waals surface area (Å²) in [7, 11) is 2.82. The Morgan fingerprint density at radius 1 is 1.28 bits per heavy atom. The van der Waals surface area contributed by atoms with Gasteiger partial charge in [-0.1, -0.05) is 0 Å². The molecule has 0 saturated heterocycles. The van der Waals surface area contributed by atoms with Gasteiger partial charge < -0.3 is 14.3 Å². The van der Waals surface area contributed by atoms with Crippen molar-refractivity contribution in [2.75, 3.05) is 14.2 Å². The second-order valence-corrected chi connectivity index (χ2v) is 3.96. The number of carbonyl (C=O) groups is 1. The molecule has 5 heteroatoms. The van der Waals surface area contributed by atoms with Gasteiger partial charge in [-0.25, -0.2) is 8.78 Å². The Bertz CT molecular complexity index is 425. The summed E-state index contributed by atoms with van der Waals surface area (Å²) in [5.74, 6) is -2.32. The van der Waals surface area contributed by atoms with Crippen molar-refractivity contribution in [2.45, 2.75) is 25.7 Å². The lowest BCUT2D eigenvalue weighted by atomic mass is 10.0. The van der Waals surface area contributed by atoms with Gasteiger partial charge in [-0.15, -0.1) is 0 Å². The van der Waals surface area contributed by atoms with Crippen LogP contribution in [0.4, 0.5) is 8.78 Å². The number of rotatable bonds is 6. The first-order valence-corrected chi connectivity index (χ1v) is 5.50. The number of methoxy groups -OCH3 is 2. The summed E-state index contributed by atoms with van der Waals surface area (Å²) >= 11 is 0. The van der Waals surface area contributed by atoms with Crippen LogP contribution in [0.15, 0.2) is 12.1 Å². The Morgan fingerprint density at radius 3 is 2.39 bits per heavy atom. The minimum absolute atomic E-state index is 0.152. The van der Waals surface area contributed by atoms with E-state index in [1.54, 1.807) is 0 Å². The minimum Gasteiger partial charge on any atom is -0.493 e. The highest BCUT2D eigenvalue weighted by molar-refractivity contribution is 5.54. The Balaban J connectivity index is 3.30. The molecule has 100 valence electrons. The van der Waals surface area contributed by atoms with Crippen LogP contribution in [0.1, 0.15) is 24.5 Å². The van der Waals surface area contributed by atoms with E-state index < -0.39 is 5.92 Å². The average Bonchev–Trinajstić information content (AvgIpc) is 2.33. The molecule has 1 aromatic rings. The number of benzene rings is 1. The molecule has 0 radical (unpaired) electrons. The van der Waals surface area contributed by atoms with Crippen molar-refractivity contribution < 1.29 is 23.0 Å². The molecule has 0 fully saturated rings. The number of halogens is 2. The minimum atomic E-state index is -2.96. The van der Waals surface area contributed by atoms with E-state index in [9.17, 15) is 13.6 Å². The highest BCUT2D eigenvalue weighted by atomic mass is 19.3. The molecule has 1 aromatic carbocycles. The lowest BCUT2D eigenvalue weighted by Gasteiger charge is -2.17. The molecule has 0 heterocycles. The lowest BCUT2D eigenvalue weighted by molar-refractivity contribution is -0.107. The Morgan fingerprint density at radius 2 is 1.94 bits per heavy atom. The summed E-state index contributed by atoms with van der Waals surface area (Å²) in [5, 5.41) is 0. The standard InChI is InChI=1S/C13H16F2O3/c1-13(14,15)10-7-9(5-4-6-16)12(18-3)11(8-10)17-2/h6-8H,4-5H2,1-3H3. The molecular formula is C13H16F2O3. The van der Waals surface area contributed by atoms with Crippen molar-refractivity contribution >= 4 is 6.29 Å². The van der Waals surface area contributed by atoms with E-state index in [0.717, 1.165) is 13.2 Å². The quantitative estimate of drug-likeness (QED) is 0.736. The highest BCUT2D eigenvalue weighted by Gasteiger charge is 2.27. The maximum atomic E-state index is 13.3. The van der Waals surface area contributed by atoms with Crippen LogP contribution in [0.2, 0.25) is 0 Å². The number of aryl methyl sites for hydroxylation is 1. The molecule has 0 atom stereocenters. The van der Waals surface area contributed by atoms with E-state index in [1.165, 1.54) is 26.4 Å². The molecule has 0 aliphatic rings. The zero-order valence-electron chi connectivity index (χ0n) is 10.6. The van der Waals surface area contributed by atoms with Crippen LogP contribution in [0.5, 0.6) is 11.5 Å². The third-order valence-electron chi connectivity index (χ3n) is 2.59. The number of carbonyl (C=O) groups excluding carboxylic acids is 1. The fourth-order valence-electron chi connectivity index (χ4n) is 1.70. The molecule has 0 aromatic heterocycles. The Labute approximate surface area is 105 Å². The third-order valence-corrected chi connectivity index (χ3v) is 2.59. The molecule has 0 saturated carbocycles. The summed E-state index contributed by atoms with van der Waals surface area (Å²) in [4.78, 5) is 10.4. The number of alkyl halides is 2. The fourth-order valence-corrected chi connectivity index (χ4v) is 1.70. The molecule has 18 heavy (non-hydrogen) atoms. The van der Waals surface area contributed by atoms with Gasteiger partial charge in [0.25, 0.3) is 5.92 Å². The van der Waals surface area contributed by atoms with E-state index in [0.29, 0.717) is 17.7 Å². The molecule has 0 amide bonds. The summed E-state index contributed by atoms with van der Waals surface area (Å²) in [6.07, 6.45) is 1.33. The Hall–Kier alpha value is -1.65. The van der Waals surface area contributed by atoms with Crippen LogP contribution in [0.3, 0.4) is 0 Å². The summed E-state index contributed by atoms with van der Waals surface area (Å²) in [6, 6.07) is 2.61. The van der Waals surface area contributed by atoms with Crippen LogP contribution >= 0.6 is 0 Å². The molecule has 3 nitrogen and oxygen atoms in total. The van der Waals surface area contributed by atoms with E-state index in [1.807, 2.05) is 0 Å². The fraction of sp³-hybridized carbons (Fsp3) is 0.462. The van der Waals surface area contributed by atoms with Crippen molar-refractivity contribution in [1.29, 1.82) is 0 Å². The predicted octanol–water partition coefficient (Wildman–Crippen LogP) is 2.95. The van der Waals surface area contributed by atoms with Crippen molar-refractivity contribution in [2.24, 2.45) is 0 Å². The number of hydrogen-bond donors (Lipinski definition) is 0. The maximum absolute atomic E-state index is 13.3. The largest absolute Gasteiger partial charge is 0.493 e. The lowest BCUT2D eigenvalue weighted by Crippen LogP contribution is -2.09. The first-order chi connectivity index (χ1) is 8.43. The zero-order chi connectivity index (χ0) is 13.8. The van der Waals surface area contributed by atoms with Crippen LogP contribution in [0, 0.1) is 0 Å². The maximum Gasteiger partial charge on any atom is 0.270 e. The normalized spacial score (nSPS) is 11.2. The van der Waals surface area contributed by atoms with E-state index in [2.05, 4.69) is 0 Å². The van der Waals surface area contributed by atoms with Gasteiger partial charge in [0.05, 0.1) is 14.2 Å². The van der Waals surface area contributed by atoms with Gasteiger partial charge in [-0.05, 0) is 24.1 Å². The Kier molecular flexibility index (Phi) is 4.64. The van der Waals surface area contributed by atoms with Crippen LogP contribution in [-0.2, 0) is 17.1 Å². The van der Waals surface area contributed by atoms with E-state index in [-0.39, 0.29) is 17.7 Å². The first-order valence-electron chi connectivity index (χ1n) is 5.50. The summed E-state index contributed by atoms with van der Waals surface area (Å²) in [6.45, 7) is 0.817. The summed E-state index contributed by atoms with van der Waals surface area (Å²) in [5.41, 5.74) is 0.390. The highest BCUT2D eigenvalue weighted by Crippen LogP contribution is 2.38. The molecular weight excluding hydrogens is 242 g/mol. The van der Waals surface area contributed by atoms with Crippen molar-refractivity contribution in [3.63, 3.8) is 0 Å². The molecule has 0 bridgehead atoms. The second kappa shape index (κ2) is 5.80. The van der Waals surface area contributed by atoms with Gasteiger partial charge in [0.15, 0.2) is 11.5 Å². The smallest absolute Gasteiger partial charge is 0.270 e. The van der Waals surface area contributed by atoms with Crippen LogP contribution in [0.25, 0.3) is 0 Å². The monoisotopic (exact) mass is 258 g/mol. The number of ether oxygens (including phenoxy) is 2. The van der Waals surface area contributed by atoms with Crippen molar-refractivity contribution in [3.05, 3.63) is 23.3 Å². The molecule has 1 rings (SSSR count). The molecule has 0 spiro atoms. The topological polar surface area (TPSA) is 35.5 Å². The SMILES string of the molecule is COc1cc(C(C)(F)F)cc(CCC=O)c1OC. The zero-order valence-corrected chi connectivity index (χ0v) is 10.6. The molecule has 0 unspecified atom stereocenters. The first kappa shape index (κ1) is 14.4. The number of aldehydes is 1. The number of hydrogen-bond acceptors (Lipinski definition) is 3. The predicted molar refractivity (Wildman–Crippen MR) is 63.5 cm³/mol. The van der Waals surface area contributed by atoms with E-state index >= 15 is 0 Å². The van der Waals surface area contributed by atoms with Gasteiger partial charge in [-0.2, -0.15) is 0 Å². The van der Waals surface area contributed by atoms with Gasteiger partial charge in [0.2, 0.25) is 0 Å². The molecule has 0 aliphatic heterocycles. The van der Waals surface area contributed by atoms with Gasteiger partial charge >= 0.3 is 0 Å². The van der Waals surface area contributed by atoms with Gasteiger partial charge in [0, 0.05) is 18.9 Å². The van der Waals surface area contributed by atoms with Gasteiger partial charge in [-0.3, -0.25) is 0 Å². The van der Waals surface area contributed by atoms with Gasteiger partial charge in [0.1, 0.15) is 6.29 Å². The molecule has 0 N–H and O–H groups in total. The van der Waals surface area contributed by atoms with Crippen molar-refractivity contribution in [1.82, 2.24) is 0 Å². The average molecular weight is 258 g/mol. The second-order valence-electron chi connectivity index (χ2n) is 3.96.